The Labute approximate surface area is 138 Å². The first-order valence-corrected chi connectivity index (χ1v) is 8.90. The lowest BCUT2D eigenvalue weighted by molar-refractivity contribution is 0.203. The molecule has 2 aliphatic heterocycles. The summed E-state index contributed by atoms with van der Waals surface area (Å²) in [5.41, 5.74) is 3.66. The fourth-order valence-electron chi connectivity index (χ4n) is 3.82. The van der Waals surface area contributed by atoms with Crippen LogP contribution in [0.4, 0.5) is 0 Å². The quantitative estimate of drug-likeness (QED) is 0.850. The van der Waals surface area contributed by atoms with Crippen LogP contribution in [0.2, 0.25) is 0 Å². The highest BCUT2D eigenvalue weighted by Gasteiger charge is 2.20. The van der Waals surface area contributed by atoms with Gasteiger partial charge in [-0.05, 0) is 62.9 Å². The minimum absolute atomic E-state index is 0.512. The van der Waals surface area contributed by atoms with Crippen LogP contribution in [-0.4, -0.2) is 47.1 Å². The predicted molar refractivity (Wildman–Crippen MR) is 95.3 cm³/mol. The van der Waals surface area contributed by atoms with Gasteiger partial charge in [-0.3, -0.25) is 9.67 Å². The summed E-state index contributed by atoms with van der Waals surface area (Å²) in [5, 5.41) is 6.07. The van der Waals surface area contributed by atoms with E-state index in [1.807, 2.05) is 0 Å². The van der Waals surface area contributed by atoms with Gasteiger partial charge in [-0.1, -0.05) is 13.0 Å². The molecule has 2 atom stereocenters. The molecule has 2 aromatic rings. The van der Waals surface area contributed by atoms with Gasteiger partial charge in [0.1, 0.15) is 0 Å². The Bertz CT molecular complexity index is 730. The molecular formula is C19H26N4. The van der Waals surface area contributed by atoms with Crippen molar-refractivity contribution in [2.45, 2.75) is 38.6 Å². The number of benzene rings is 1. The Morgan fingerprint density at radius 1 is 1.22 bits per heavy atom. The highest BCUT2D eigenvalue weighted by Crippen LogP contribution is 2.25. The van der Waals surface area contributed by atoms with Gasteiger partial charge >= 0.3 is 0 Å². The molecule has 2 aliphatic rings. The van der Waals surface area contributed by atoms with E-state index in [0.717, 1.165) is 30.9 Å². The third-order valence-corrected chi connectivity index (χ3v) is 5.30. The van der Waals surface area contributed by atoms with Gasteiger partial charge in [0.2, 0.25) is 0 Å². The lowest BCUT2D eigenvalue weighted by atomic mass is 9.95. The van der Waals surface area contributed by atoms with Crippen LogP contribution in [0.1, 0.15) is 44.2 Å². The summed E-state index contributed by atoms with van der Waals surface area (Å²) in [6, 6.07) is 7.15. The smallest absolute Gasteiger partial charge is 0.0923 e. The molecule has 1 aromatic carbocycles. The Kier molecular flexibility index (Phi) is 3.93. The molecule has 0 aliphatic carbocycles. The number of likely N-dealkylation sites (tertiary alicyclic amines) is 1. The Balaban J connectivity index is 1.62. The van der Waals surface area contributed by atoms with E-state index in [-0.39, 0.29) is 0 Å². The van der Waals surface area contributed by atoms with Crippen molar-refractivity contribution in [3.8, 4) is 0 Å². The molecule has 0 saturated carbocycles. The highest BCUT2D eigenvalue weighted by molar-refractivity contribution is 6.03. The van der Waals surface area contributed by atoms with Gasteiger partial charge in [0.25, 0.3) is 0 Å². The largest absolute Gasteiger partial charge is 0.304 e. The van der Waals surface area contributed by atoms with Crippen LogP contribution in [0.15, 0.2) is 29.4 Å². The van der Waals surface area contributed by atoms with E-state index >= 15 is 0 Å². The summed E-state index contributed by atoms with van der Waals surface area (Å²) >= 11 is 0. The number of piperidine rings is 1. The van der Waals surface area contributed by atoms with Crippen LogP contribution < -0.4 is 0 Å². The van der Waals surface area contributed by atoms with Gasteiger partial charge in [-0.25, -0.2) is 0 Å². The number of hydrogen-bond donors (Lipinski definition) is 0. The molecule has 0 N–H and O–H groups in total. The number of rotatable bonds is 2. The topological polar surface area (TPSA) is 33.4 Å². The third kappa shape index (κ3) is 3.05. The van der Waals surface area contributed by atoms with Crippen molar-refractivity contribution in [2.24, 2.45) is 10.9 Å². The number of aliphatic imine (C=N–C) groups is 1. The second kappa shape index (κ2) is 6.08. The molecular weight excluding hydrogens is 284 g/mol. The van der Waals surface area contributed by atoms with E-state index in [4.69, 9.17) is 10.1 Å². The van der Waals surface area contributed by atoms with Gasteiger partial charge in [0, 0.05) is 30.4 Å². The van der Waals surface area contributed by atoms with E-state index < -0.39 is 0 Å². The lowest BCUT2D eigenvalue weighted by Gasteiger charge is -2.29. The summed E-state index contributed by atoms with van der Waals surface area (Å²) in [7, 11) is 2.20. The fourth-order valence-corrected chi connectivity index (χ4v) is 3.82. The van der Waals surface area contributed by atoms with Crippen molar-refractivity contribution < 1.29 is 0 Å². The maximum absolute atomic E-state index is 4.82. The second-order valence-corrected chi connectivity index (χ2v) is 7.37. The molecule has 4 rings (SSSR count). The predicted octanol–water partition coefficient (Wildman–Crippen LogP) is 3.52. The monoisotopic (exact) mass is 310 g/mol. The van der Waals surface area contributed by atoms with Crippen molar-refractivity contribution in [3.05, 3.63) is 30.0 Å². The summed E-state index contributed by atoms with van der Waals surface area (Å²) in [6.07, 6.45) is 7.08. The molecule has 3 heterocycles. The lowest BCUT2D eigenvalue weighted by Crippen LogP contribution is -2.33. The molecule has 0 bridgehead atoms. The highest BCUT2D eigenvalue weighted by atomic mass is 15.3. The third-order valence-electron chi connectivity index (χ3n) is 5.30. The minimum Gasteiger partial charge on any atom is -0.304 e. The molecule has 0 unspecified atom stereocenters. The normalized spacial score (nSPS) is 26.4. The summed E-state index contributed by atoms with van der Waals surface area (Å²) in [6.45, 7) is 5.57. The van der Waals surface area contributed by atoms with Gasteiger partial charge < -0.3 is 4.90 Å². The molecule has 23 heavy (non-hydrogen) atoms. The molecule has 1 saturated heterocycles. The first kappa shape index (κ1) is 14.9. The average molecular weight is 310 g/mol. The SMILES string of the molecule is C[C@H]1CCC(c2ccc3nn([C@@H]4CCCN(C)C4)cc3c2)=NC1. The molecule has 0 amide bonds. The van der Waals surface area contributed by atoms with Gasteiger partial charge in [-0.2, -0.15) is 5.10 Å². The number of fused-ring (bicyclic) bond motifs is 1. The molecule has 4 nitrogen and oxygen atoms in total. The number of aromatic nitrogens is 2. The van der Waals surface area contributed by atoms with E-state index in [1.165, 1.54) is 42.5 Å². The first-order valence-electron chi connectivity index (χ1n) is 8.90. The zero-order valence-corrected chi connectivity index (χ0v) is 14.2. The zero-order chi connectivity index (χ0) is 15.8. The van der Waals surface area contributed by atoms with Gasteiger partial charge in [-0.15, -0.1) is 0 Å². The Morgan fingerprint density at radius 3 is 2.91 bits per heavy atom. The molecule has 122 valence electrons. The van der Waals surface area contributed by atoms with Crippen molar-refractivity contribution >= 4 is 16.6 Å². The van der Waals surface area contributed by atoms with Crippen LogP contribution in [0, 0.1) is 5.92 Å². The molecule has 4 heteroatoms. The van der Waals surface area contributed by atoms with Crippen LogP contribution in [-0.2, 0) is 0 Å². The van der Waals surface area contributed by atoms with Crippen LogP contribution in [0.3, 0.4) is 0 Å². The van der Waals surface area contributed by atoms with Gasteiger partial charge in [0.15, 0.2) is 0 Å². The molecule has 1 fully saturated rings. The molecule has 0 spiro atoms. The number of nitrogens with zero attached hydrogens (tertiary/aromatic N) is 4. The fraction of sp³-hybridized carbons (Fsp3) is 0.579. The van der Waals surface area contributed by atoms with Crippen LogP contribution in [0.5, 0.6) is 0 Å². The zero-order valence-electron chi connectivity index (χ0n) is 14.2. The Morgan fingerprint density at radius 2 is 2.13 bits per heavy atom. The summed E-state index contributed by atoms with van der Waals surface area (Å²) in [4.78, 5) is 7.18. The number of hydrogen-bond acceptors (Lipinski definition) is 3. The maximum atomic E-state index is 4.82. The first-order chi connectivity index (χ1) is 11.2. The average Bonchev–Trinajstić information content (AvgIpc) is 2.99. The number of likely N-dealkylation sites (N-methyl/N-ethyl adjacent to an activating group) is 1. The minimum atomic E-state index is 0.512. The second-order valence-electron chi connectivity index (χ2n) is 7.37. The van der Waals surface area contributed by atoms with Crippen LogP contribution >= 0.6 is 0 Å². The van der Waals surface area contributed by atoms with Crippen molar-refractivity contribution in [1.82, 2.24) is 14.7 Å². The van der Waals surface area contributed by atoms with Crippen molar-refractivity contribution in [3.63, 3.8) is 0 Å². The van der Waals surface area contributed by atoms with Crippen molar-refractivity contribution in [1.29, 1.82) is 0 Å². The Hall–Kier alpha value is -1.68. The summed E-state index contributed by atoms with van der Waals surface area (Å²) < 4.78 is 2.19. The van der Waals surface area contributed by atoms with Crippen LogP contribution in [0.25, 0.3) is 10.9 Å². The van der Waals surface area contributed by atoms with E-state index in [1.54, 1.807) is 0 Å². The van der Waals surface area contributed by atoms with E-state index in [0.29, 0.717) is 6.04 Å². The molecule has 1 aromatic heterocycles. The van der Waals surface area contributed by atoms with Crippen molar-refractivity contribution in [2.75, 3.05) is 26.7 Å². The standard InChI is InChI=1S/C19H26N4/c1-14-5-7-18(20-11-14)15-6-8-19-16(10-15)12-23(21-19)17-4-3-9-22(2)13-17/h6,8,10,12,14,17H,3-5,7,9,11,13H2,1-2H3/t14-,17+/m0/s1. The summed E-state index contributed by atoms with van der Waals surface area (Å²) in [5.74, 6) is 0.730. The van der Waals surface area contributed by atoms with Gasteiger partial charge in [0.05, 0.1) is 11.6 Å². The van der Waals surface area contributed by atoms with E-state index in [2.05, 4.69) is 47.9 Å². The van der Waals surface area contributed by atoms with E-state index in [9.17, 15) is 0 Å². The molecule has 0 radical (unpaired) electrons. The maximum Gasteiger partial charge on any atom is 0.0923 e.